The largest absolute Gasteiger partial charge is 0.465 e. The van der Waals surface area contributed by atoms with Gasteiger partial charge in [0.25, 0.3) is 0 Å². The number of benzene rings is 1. The summed E-state index contributed by atoms with van der Waals surface area (Å²) in [5.74, 6) is -1.39. The number of carbonyl (C=O) groups is 1. The predicted octanol–water partition coefficient (Wildman–Crippen LogP) is 3.25. The third kappa shape index (κ3) is 2.92. The highest BCUT2D eigenvalue weighted by Gasteiger charge is 2.18. The molecule has 0 aliphatic carbocycles. The molecule has 0 aliphatic rings. The maximum absolute atomic E-state index is 13.3. The van der Waals surface area contributed by atoms with Crippen LogP contribution in [0.4, 0.5) is 19.3 Å². The van der Waals surface area contributed by atoms with Crippen LogP contribution in [0.1, 0.15) is 19.8 Å². The lowest BCUT2D eigenvalue weighted by molar-refractivity contribution is 0.201. The molecule has 0 fully saturated rings. The van der Waals surface area contributed by atoms with Gasteiger partial charge in [0.1, 0.15) is 11.6 Å². The van der Waals surface area contributed by atoms with Crippen LogP contribution in [-0.2, 0) is 0 Å². The number of hydrogen-bond acceptors (Lipinski definition) is 1. The molecule has 1 rings (SSSR count). The number of halogens is 2. The van der Waals surface area contributed by atoms with Crippen LogP contribution in [0.2, 0.25) is 0 Å². The van der Waals surface area contributed by atoms with E-state index in [0.717, 1.165) is 29.5 Å². The Balaban J connectivity index is 3.00. The van der Waals surface area contributed by atoms with Gasteiger partial charge in [-0.2, -0.15) is 0 Å². The van der Waals surface area contributed by atoms with Gasteiger partial charge in [-0.15, -0.1) is 0 Å². The molecule has 0 aromatic heterocycles. The van der Waals surface area contributed by atoms with Crippen molar-refractivity contribution in [1.29, 1.82) is 0 Å². The SMILES string of the molecule is CCCCN(C(=O)O)c1cc(F)ccc1F. The lowest BCUT2D eigenvalue weighted by Crippen LogP contribution is -2.31. The maximum Gasteiger partial charge on any atom is 0.411 e. The minimum Gasteiger partial charge on any atom is -0.465 e. The normalized spacial score (nSPS) is 10.2. The summed E-state index contributed by atoms with van der Waals surface area (Å²) in [5.41, 5.74) is -0.235. The monoisotopic (exact) mass is 229 g/mol. The molecule has 0 radical (unpaired) electrons. The molecule has 0 atom stereocenters. The molecular weight excluding hydrogens is 216 g/mol. The Bertz CT molecular complexity index is 382. The van der Waals surface area contributed by atoms with Crippen LogP contribution in [0.15, 0.2) is 18.2 Å². The molecule has 1 aromatic rings. The van der Waals surface area contributed by atoms with Crippen molar-refractivity contribution in [3.8, 4) is 0 Å². The third-order valence-electron chi connectivity index (χ3n) is 2.17. The lowest BCUT2D eigenvalue weighted by Gasteiger charge is -2.19. The number of anilines is 1. The number of carboxylic acid groups (broad SMARTS) is 1. The van der Waals surface area contributed by atoms with Gasteiger partial charge in [-0.25, -0.2) is 13.6 Å². The highest BCUT2D eigenvalue weighted by atomic mass is 19.1. The molecule has 0 aliphatic heterocycles. The Labute approximate surface area is 92.3 Å². The van der Waals surface area contributed by atoms with Gasteiger partial charge in [0, 0.05) is 12.6 Å². The van der Waals surface area contributed by atoms with Gasteiger partial charge in [-0.05, 0) is 18.6 Å². The molecule has 0 saturated heterocycles. The fraction of sp³-hybridized carbons (Fsp3) is 0.364. The summed E-state index contributed by atoms with van der Waals surface area (Å²) >= 11 is 0. The van der Waals surface area contributed by atoms with Crippen LogP contribution in [0.5, 0.6) is 0 Å². The van der Waals surface area contributed by atoms with E-state index in [1.807, 2.05) is 6.92 Å². The van der Waals surface area contributed by atoms with Crippen molar-refractivity contribution >= 4 is 11.8 Å². The van der Waals surface area contributed by atoms with E-state index in [0.29, 0.717) is 6.42 Å². The average Bonchev–Trinajstić information content (AvgIpc) is 2.23. The summed E-state index contributed by atoms with van der Waals surface area (Å²) in [6, 6.07) is 2.77. The van der Waals surface area contributed by atoms with E-state index in [9.17, 15) is 13.6 Å². The Morgan fingerprint density at radius 3 is 2.69 bits per heavy atom. The second-order valence-corrected chi connectivity index (χ2v) is 3.38. The highest BCUT2D eigenvalue weighted by molar-refractivity contribution is 5.86. The molecule has 88 valence electrons. The predicted molar refractivity (Wildman–Crippen MR) is 56.6 cm³/mol. The molecule has 16 heavy (non-hydrogen) atoms. The Morgan fingerprint density at radius 1 is 1.44 bits per heavy atom. The number of hydrogen-bond donors (Lipinski definition) is 1. The van der Waals surface area contributed by atoms with E-state index in [2.05, 4.69) is 0 Å². The van der Waals surface area contributed by atoms with Crippen LogP contribution < -0.4 is 4.90 Å². The number of nitrogens with zero attached hydrogens (tertiary/aromatic N) is 1. The van der Waals surface area contributed by atoms with Crippen molar-refractivity contribution in [1.82, 2.24) is 0 Å². The van der Waals surface area contributed by atoms with Crippen molar-refractivity contribution in [2.24, 2.45) is 0 Å². The van der Waals surface area contributed by atoms with E-state index in [1.54, 1.807) is 0 Å². The van der Waals surface area contributed by atoms with Gasteiger partial charge in [0.2, 0.25) is 0 Å². The van der Waals surface area contributed by atoms with E-state index < -0.39 is 17.7 Å². The molecule has 3 nitrogen and oxygen atoms in total. The molecule has 1 N–H and O–H groups in total. The molecule has 0 spiro atoms. The van der Waals surface area contributed by atoms with Crippen molar-refractivity contribution < 1.29 is 18.7 Å². The van der Waals surface area contributed by atoms with E-state index in [-0.39, 0.29) is 12.2 Å². The Kier molecular flexibility index (Phi) is 4.22. The minimum absolute atomic E-state index is 0.159. The smallest absolute Gasteiger partial charge is 0.411 e. The third-order valence-corrected chi connectivity index (χ3v) is 2.17. The molecule has 1 amide bonds. The van der Waals surface area contributed by atoms with Gasteiger partial charge in [0.15, 0.2) is 0 Å². The van der Waals surface area contributed by atoms with Crippen molar-refractivity contribution in [3.63, 3.8) is 0 Å². The topological polar surface area (TPSA) is 40.5 Å². The zero-order chi connectivity index (χ0) is 12.1. The molecular formula is C11H13F2NO2. The maximum atomic E-state index is 13.3. The molecule has 0 bridgehead atoms. The molecule has 0 unspecified atom stereocenters. The first-order chi connectivity index (χ1) is 7.56. The first-order valence-electron chi connectivity index (χ1n) is 5.01. The van der Waals surface area contributed by atoms with Crippen LogP contribution >= 0.6 is 0 Å². The minimum atomic E-state index is -1.28. The number of rotatable bonds is 4. The van der Waals surface area contributed by atoms with E-state index in [1.165, 1.54) is 0 Å². The quantitative estimate of drug-likeness (QED) is 0.860. The first kappa shape index (κ1) is 12.4. The van der Waals surface area contributed by atoms with Crippen LogP contribution in [0.25, 0.3) is 0 Å². The second kappa shape index (κ2) is 5.44. The second-order valence-electron chi connectivity index (χ2n) is 3.38. The highest BCUT2D eigenvalue weighted by Crippen LogP contribution is 2.21. The van der Waals surface area contributed by atoms with Gasteiger partial charge >= 0.3 is 6.09 Å². The summed E-state index contributed by atoms with van der Waals surface area (Å²) in [4.78, 5) is 11.7. The van der Waals surface area contributed by atoms with Gasteiger partial charge in [-0.3, -0.25) is 4.90 Å². The van der Waals surface area contributed by atoms with Crippen molar-refractivity contribution in [2.45, 2.75) is 19.8 Å². The summed E-state index contributed by atoms with van der Waals surface area (Å²) in [5, 5.41) is 8.91. The van der Waals surface area contributed by atoms with Crippen LogP contribution in [-0.4, -0.2) is 17.7 Å². The van der Waals surface area contributed by atoms with Crippen LogP contribution in [0.3, 0.4) is 0 Å². The Morgan fingerprint density at radius 2 is 2.12 bits per heavy atom. The van der Waals surface area contributed by atoms with Crippen molar-refractivity contribution in [2.75, 3.05) is 11.4 Å². The number of unbranched alkanes of at least 4 members (excludes halogenated alkanes) is 1. The van der Waals surface area contributed by atoms with Gasteiger partial charge < -0.3 is 5.11 Å². The van der Waals surface area contributed by atoms with E-state index in [4.69, 9.17) is 5.11 Å². The molecule has 0 heterocycles. The molecule has 1 aromatic carbocycles. The van der Waals surface area contributed by atoms with Crippen molar-refractivity contribution in [3.05, 3.63) is 29.8 Å². The standard InChI is InChI=1S/C11H13F2NO2/c1-2-3-6-14(11(15)16)10-7-8(12)4-5-9(10)13/h4-5,7H,2-3,6H2,1H3,(H,15,16). The summed E-state index contributed by atoms with van der Waals surface area (Å²) in [6.45, 7) is 2.05. The van der Waals surface area contributed by atoms with E-state index >= 15 is 0 Å². The average molecular weight is 229 g/mol. The zero-order valence-corrected chi connectivity index (χ0v) is 8.91. The van der Waals surface area contributed by atoms with Crippen LogP contribution in [0, 0.1) is 11.6 Å². The fourth-order valence-electron chi connectivity index (χ4n) is 1.33. The fourth-order valence-corrected chi connectivity index (χ4v) is 1.33. The van der Waals surface area contributed by atoms with Gasteiger partial charge in [-0.1, -0.05) is 13.3 Å². The first-order valence-corrected chi connectivity index (χ1v) is 5.01. The zero-order valence-electron chi connectivity index (χ0n) is 8.91. The lowest BCUT2D eigenvalue weighted by atomic mass is 10.2. The Hall–Kier alpha value is -1.65. The van der Waals surface area contributed by atoms with Gasteiger partial charge in [0.05, 0.1) is 5.69 Å². The molecule has 5 heteroatoms. The molecule has 0 saturated carbocycles. The number of amides is 1. The summed E-state index contributed by atoms with van der Waals surface area (Å²) in [7, 11) is 0. The summed E-state index contributed by atoms with van der Waals surface area (Å²) < 4.78 is 26.2. The summed E-state index contributed by atoms with van der Waals surface area (Å²) in [6.07, 6.45) is 0.0983.